The highest BCUT2D eigenvalue weighted by molar-refractivity contribution is 5.89. The van der Waals surface area contributed by atoms with Gasteiger partial charge in [-0.2, -0.15) is 0 Å². The van der Waals surface area contributed by atoms with Crippen LogP contribution < -0.4 is 0 Å². The molecule has 2 N–H and O–H groups in total. The summed E-state index contributed by atoms with van der Waals surface area (Å²) in [5.41, 5.74) is -3.74. The fourth-order valence-electron chi connectivity index (χ4n) is 12.2. The smallest absolute Gasteiger partial charge is 0.338 e. The fourth-order valence-corrected chi connectivity index (χ4v) is 12.2. The zero-order valence-electron chi connectivity index (χ0n) is 27.0. The molecule has 6 aliphatic rings. The van der Waals surface area contributed by atoms with Gasteiger partial charge in [0.15, 0.2) is 0 Å². The molecule has 1 saturated heterocycles. The minimum Gasteiger partial charge on any atom is -0.458 e. The highest BCUT2D eigenvalue weighted by Crippen LogP contribution is 2.80. The van der Waals surface area contributed by atoms with Crippen LogP contribution in [0.3, 0.4) is 0 Å². The average molecular weight is 630 g/mol. The number of fused-ring (bicyclic) bond motifs is 2. The molecule has 0 radical (unpaired) electrons. The molecule has 0 unspecified atom stereocenters. The molecule has 248 valence electrons. The van der Waals surface area contributed by atoms with Crippen LogP contribution >= 0.6 is 0 Å². The molecule has 1 aromatic carbocycles. The van der Waals surface area contributed by atoms with Crippen molar-refractivity contribution in [2.24, 2.45) is 34.5 Å². The van der Waals surface area contributed by atoms with E-state index in [0.717, 1.165) is 0 Å². The predicted octanol–water partition coefficient (Wildman–Crippen LogP) is 1.68. The van der Waals surface area contributed by atoms with E-state index in [4.69, 9.17) is 28.4 Å². The molecule has 5 aliphatic carbocycles. The normalized spacial score (nSPS) is 49.1. The molecule has 0 amide bonds. The lowest BCUT2D eigenvalue weighted by atomic mass is 9.42. The van der Waals surface area contributed by atoms with Crippen molar-refractivity contribution in [3.05, 3.63) is 35.9 Å². The van der Waals surface area contributed by atoms with Gasteiger partial charge in [-0.3, -0.25) is 9.69 Å². The van der Waals surface area contributed by atoms with Crippen molar-refractivity contribution in [2.75, 3.05) is 48.1 Å². The van der Waals surface area contributed by atoms with Gasteiger partial charge in [0.1, 0.15) is 17.3 Å². The van der Waals surface area contributed by atoms with Crippen LogP contribution in [0.2, 0.25) is 0 Å². The van der Waals surface area contributed by atoms with E-state index in [-0.39, 0.29) is 30.7 Å². The van der Waals surface area contributed by atoms with Crippen LogP contribution in [0, 0.1) is 34.5 Å². The summed E-state index contributed by atoms with van der Waals surface area (Å²) in [5, 5.41) is 24.8. The quantitative estimate of drug-likeness (QED) is 0.387. The first-order valence-corrected chi connectivity index (χ1v) is 16.2. The van der Waals surface area contributed by atoms with Gasteiger partial charge in [0.25, 0.3) is 0 Å². The number of carbonyl (C=O) groups excluding carboxylic acids is 2. The van der Waals surface area contributed by atoms with Crippen LogP contribution in [-0.4, -0.2) is 123 Å². The van der Waals surface area contributed by atoms with E-state index in [1.807, 2.05) is 6.07 Å². The van der Waals surface area contributed by atoms with E-state index in [1.165, 1.54) is 6.92 Å². The second-order valence-electron chi connectivity index (χ2n) is 14.4. The lowest BCUT2D eigenvalue weighted by Gasteiger charge is -2.70. The van der Waals surface area contributed by atoms with Crippen molar-refractivity contribution >= 4 is 11.9 Å². The highest BCUT2D eigenvalue weighted by atomic mass is 16.6. The third-order valence-corrected chi connectivity index (χ3v) is 13.1. The number of rotatable bonds is 9. The van der Waals surface area contributed by atoms with Crippen molar-refractivity contribution in [1.29, 1.82) is 0 Å². The summed E-state index contributed by atoms with van der Waals surface area (Å²) in [5.74, 6) is -2.55. The number of hydrogen-bond acceptors (Lipinski definition) is 11. The molecule has 11 heteroatoms. The lowest BCUT2D eigenvalue weighted by Crippen LogP contribution is -2.79. The SMILES string of the molecule is CCN1C[C@@]2(COC)[C@H](O)C[C@H](OC)[C@@]34[C@@H]5C[C@@]6(O)[C@@H](OC)C[C@](OC(C)=O)([C@H]5[C@H]6OC(=O)c5ccccc5)[C@@H]([C@H](OC)[C@H]23)[C@@H]14. The Morgan fingerprint density at radius 2 is 1.71 bits per heavy atom. The second-order valence-corrected chi connectivity index (χ2v) is 14.4. The Morgan fingerprint density at radius 3 is 2.31 bits per heavy atom. The van der Waals surface area contributed by atoms with Crippen molar-refractivity contribution in [3.8, 4) is 0 Å². The lowest BCUT2D eigenvalue weighted by molar-refractivity contribution is -0.300. The molecular weight excluding hydrogens is 582 g/mol. The van der Waals surface area contributed by atoms with Crippen LogP contribution in [0.25, 0.3) is 0 Å². The van der Waals surface area contributed by atoms with Crippen LogP contribution in [0.15, 0.2) is 30.3 Å². The van der Waals surface area contributed by atoms with Gasteiger partial charge in [-0.25, -0.2) is 4.79 Å². The van der Waals surface area contributed by atoms with E-state index in [0.29, 0.717) is 31.7 Å². The van der Waals surface area contributed by atoms with Gasteiger partial charge in [0.05, 0.1) is 36.6 Å². The van der Waals surface area contributed by atoms with E-state index < -0.39 is 76.3 Å². The maximum absolute atomic E-state index is 13.7. The summed E-state index contributed by atoms with van der Waals surface area (Å²) < 4.78 is 37.9. The molecule has 1 aliphatic heterocycles. The zero-order chi connectivity index (χ0) is 32.1. The van der Waals surface area contributed by atoms with E-state index in [2.05, 4.69) is 11.8 Å². The zero-order valence-corrected chi connectivity index (χ0v) is 27.0. The molecule has 1 aromatic rings. The number of likely N-dealkylation sites (tertiary alicyclic amines) is 1. The molecule has 1 spiro atoms. The van der Waals surface area contributed by atoms with Crippen LogP contribution in [0.1, 0.15) is 43.5 Å². The Bertz CT molecular complexity index is 1330. The average Bonchev–Trinajstić information content (AvgIpc) is 3.40. The number of ether oxygens (including phenoxy) is 6. The van der Waals surface area contributed by atoms with E-state index in [9.17, 15) is 19.8 Å². The molecule has 11 nitrogen and oxygen atoms in total. The van der Waals surface area contributed by atoms with Crippen molar-refractivity contribution in [1.82, 2.24) is 4.90 Å². The Labute approximate surface area is 264 Å². The summed E-state index contributed by atoms with van der Waals surface area (Å²) in [7, 11) is 6.58. The first-order valence-electron chi connectivity index (χ1n) is 16.2. The Hall–Kier alpha value is -2.12. The molecule has 0 aromatic heterocycles. The van der Waals surface area contributed by atoms with Crippen LogP contribution in [0.5, 0.6) is 0 Å². The molecule has 1 heterocycles. The topological polar surface area (TPSA) is 133 Å². The maximum Gasteiger partial charge on any atom is 0.338 e. The third kappa shape index (κ3) is 3.72. The van der Waals surface area contributed by atoms with Gasteiger partial charge in [-0.15, -0.1) is 0 Å². The first-order chi connectivity index (χ1) is 21.5. The number of nitrogens with zero attached hydrogens (tertiary/aromatic N) is 1. The first kappa shape index (κ1) is 31.5. The van der Waals surface area contributed by atoms with Gasteiger partial charge in [-0.05, 0) is 31.0 Å². The molecule has 6 fully saturated rings. The number of aliphatic hydroxyl groups excluding tert-OH is 1. The number of piperidine rings is 1. The molecule has 45 heavy (non-hydrogen) atoms. The highest BCUT2D eigenvalue weighted by Gasteiger charge is 2.90. The summed E-state index contributed by atoms with van der Waals surface area (Å²) in [4.78, 5) is 29.3. The van der Waals surface area contributed by atoms with Gasteiger partial charge < -0.3 is 38.6 Å². The summed E-state index contributed by atoms with van der Waals surface area (Å²) in [6.07, 6.45) is -2.55. The monoisotopic (exact) mass is 629 g/mol. The van der Waals surface area contributed by atoms with E-state index in [1.54, 1.807) is 52.7 Å². The molecular formula is C34H47NO10. The maximum atomic E-state index is 13.7. The Morgan fingerprint density at radius 1 is 1.00 bits per heavy atom. The summed E-state index contributed by atoms with van der Waals surface area (Å²) in [6, 6.07) is 8.56. The van der Waals surface area contributed by atoms with E-state index >= 15 is 0 Å². The molecule has 7 rings (SSSR count). The molecule has 7 bridgehead atoms. The van der Waals surface area contributed by atoms with Gasteiger partial charge in [0, 0.05) is 89.4 Å². The minimum absolute atomic E-state index is 0.163. The Balaban J connectivity index is 1.50. The molecule has 5 saturated carbocycles. The number of esters is 2. The summed E-state index contributed by atoms with van der Waals surface area (Å²) in [6.45, 7) is 5.08. The van der Waals surface area contributed by atoms with Crippen LogP contribution in [0.4, 0.5) is 0 Å². The third-order valence-electron chi connectivity index (χ3n) is 13.1. The second kappa shape index (κ2) is 10.7. The number of benzene rings is 1. The number of carbonyl (C=O) groups is 2. The number of aliphatic hydroxyl groups is 2. The van der Waals surface area contributed by atoms with Crippen molar-refractivity contribution < 1.29 is 48.2 Å². The largest absolute Gasteiger partial charge is 0.458 e. The van der Waals surface area contributed by atoms with Gasteiger partial charge in [-0.1, -0.05) is 25.1 Å². The Kier molecular flexibility index (Phi) is 7.48. The van der Waals surface area contributed by atoms with Crippen LogP contribution in [-0.2, 0) is 33.2 Å². The van der Waals surface area contributed by atoms with Crippen molar-refractivity contribution in [2.45, 2.75) is 80.9 Å². The summed E-state index contributed by atoms with van der Waals surface area (Å²) >= 11 is 0. The van der Waals surface area contributed by atoms with Gasteiger partial charge in [0.2, 0.25) is 0 Å². The van der Waals surface area contributed by atoms with Gasteiger partial charge >= 0.3 is 11.9 Å². The van der Waals surface area contributed by atoms with Crippen molar-refractivity contribution in [3.63, 3.8) is 0 Å². The fraction of sp³-hybridized carbons (Fsp3) is 0.765. The minimum atomic E-state index is -1.55. The molecule has 14 atom stereocenters. The number of methoxy groups -OCH3 is 4. The standard InChI is InChI=1S/C34H47NO10/c1-7-35-16-31(17-40-3)21(37)13-22(41-4)34-20-14-32(39)23(42-5)15-33(45-18(2)36,25(28(34)35)26(43-6)27(31)34)24(20)29(32)44-30(38)19-11-9-8-10-12-19/h8-12,20-29,37,39H,7,13-17H2,1-6H3/t20-,21-,22+,23+,24-,25+,26+,27-,28-,29-,31-,32-,33+,34+/m1/s1. The predicted molar refractivity (Wildman–Crippen MR) is 159 cm³/mol. The number of hydrogen-bond donors (Lipinski definition) is 2.